The Labute approximate surface area is 142 Å². The molecule has 0 aliphatic carbocycles. The molecule has 0 aliphatic rings. The van der Waals surface area contributed by atoms with E-state index in [4.69, 9.17) is 16.9 Å². The molecule has 0 fully saturated rings. The maximum Gasteiger partial charge on any atom is 0.234 e. The number of nitrogens with zero attached hydrogens (tertiary/aromatic N) is 4. The highest BCUT2D eigenvalue weighted by atomic mass is 35.5. The number of hydrogen-bond acceptors (Lipinski definition) is 4. The lowest BCUT2D eigenvalue weighted by Gasteiger charge is -2.31. The fourth-order valence-electron chi connectivity index (χ4n) is 2.32. The first-order valence-corrected chi connectivity index (χ1v) is 8.06. The number of nitriles is 1. The van der Waals surface area contributed by atoms with E-state index in [1.807, 2.05) is 24.3 Å². The molecule has 5 heteroatoms. The topological polar surface area (TPSA) is 52.8 Å². The van der Waals surface area contributed by atoms with Gasteiger partial charge in [-0.15, -0.1) is 11.6 Å². The van der Waals surface area contributed by atoms with E-state index < -0.39 is 0 Å². The number of anilines is 1. The average Bonchev–Trinajstić information content (AvgIpc) is 2.54. The zero-order valence-corrected chi connectivity index (χ0v) is 14.5. The van der Waals surface area contributed by atoms with Gasteiger partial charge in [0.25, 0.3) is 0 Å². The fourth-order valence-corrected chi connectivity index (χ4v) is 2.50. The summed E-state index contributed by atoms with van der Waals surface area (Å²) < 4.78 is 0. The zero-order chi connectivity index (χ0) is 16.9. The normalized spacial score (nSPS) is 11.1. The van der Waals surface area contributed by atoms with Gasteiger partial charge in [0, 0.05) is 25.2 Å². The molecule has 0 spiro atoms. The van der Waals surface area contributed by atoms with Crippen LogP contribution in [0.4, 0.5) is 5.82 Å². The molecule has 120 valence electrons. The molecule has 0 radical (unpaired) electrons. The van der Waals surface area contributed by atoms with Crippen LogP contribution in [0.25, 0.3) is 0 Å². The second-order valence-electron chi connectivity index (χ2n) is 6.72. The molecule has 2 aromatic rings. The van der Waals surface area contributed by atoms with Gasteiger partial charge in [-0.05, 0) is 22.6 Å². The standard InChI is InChI=1S/C18H21ClN4/c1-18(2,3)13-23(17-8-9-21-16(11-20)22-17)12-15-6-4-14(10-19)5-7-15/h4-9H,10,12-13H2,1-3H3. The highest BCUT2D eigenvalue weighted by molar-refractivity contribution is 6.17. The summed E-state index contributed by atoms with van der Waals surface area (Å²) in [4.78, 5) is 10.5. The molecular formula is C18H21ClN4. The first-order valence-electron chi connectivity index (χ1n) is 7.53. The molecule has 0 unspecified atom stereocenters. The summed E-state index contributed by atoms with van der Waals surface area (Å²) in [5.74, 6) is 1.48. The Morgan fingerprint density at radius 2 is 1.78 bits per heavy atom. The van der Waals surface area contributed by atoms with E-state index in [-0.39, 0.29) is 11.2 Å². The third kappa shape index (κ3) is 5.22. The predicted molar refractivity (Wildman–Crippen MR) is 93.3 cm³/mol. The van der Waals surface area contributed by atoms with E-state index in [0.29, 0.717) is 5.88 Å². The molecule has 1 aromatic heterocycles. The molecule has 0 N–H and O–H groups in total. The number of halogens is 1. The molecule has 4 nitrogen and oxygen atoms in total. The van der Waals surface area contributed by atoms with Crippen LogP contribution in [0.15, 0.2) is 36.5 Å². The van der Waals surface area contributed by atoms with Crippen LogP contribution in [0.1, 0.15) is 37.7 Å². The van der Waals surface area contributed by atoms with Crippen LogP contribution in [0.5, 0.6) is 0 Å². The van der Waals surface area contributed by atoms with E-state index in [0.717, 1.165) is 24.5 Å². The van der Waals surface area contributed by atoms with Crippen molar-refractivity contribution in [3.63, 3.8) is 0 Å². The van der Waals surface area contributed by atoms with Crippen LogP contribution in [-0.4, -0.2) is 16.5 Å². The second-order valence-corrected chi connectivity index (χ2v) is 6.98. The van der Waals surface area contributed by atoms with Gasteiger partial charge in [-0.3, -0.25) is 0 Å². The SMILES string of the molecule is CC(C)(C)CN(Cc1ccc(CCl)cc1)c1ccnc(C#N)n1. The molecule has 0 saturated heterocycles. The van der Waals surface area contributed by atoms with E-state index in [1.54, 1.807) is 6.20 Å². The number of rotatable bonds is 5. The van der Waals surface area contributed by atoms with Gasteiger partial charge in [-0.2, -0.15) is 5.26 Å². The summed E-state index contributed by atoms with van der Waals surface area (Å²) in [6.45, 7) is 8.10. The molecule has 0 amide bonds. The predicted octanol–water partition coefficient (Wildman–Crippen LogP) is 4.14. The lowest BCUT2D eigenvalue weighted by molar-refractivity contribution is 0.407. The highest BCUT2D eigenvalue weighted by Crippen LogP contribution is 2.22. The van der Waals surface area contributed by atoms with Gasteiger partial charge in [0.15, 0.2) is 0 Å². The summed E-state index contributed by atoms with van der Waals surface area (Å²) in [7, 11) is 0. The minimum Gasteiger partial charge on any atom is -0.352 e. The van der Waals surface area contributed by atoms with Gasteiger partial charge in [0.1, 0.15) is 11.9 Å². The van der Waals surface area contributed by atoms with Crippen molar-refractivity contribution in [1.82, 2.24) is 9.97 Å². The smallest absolute Gasteiger partial charge is 0.234 e. The quantitative estimate of drug-likeness (QED) is 0.774. The summed E-state index contributed by atoms with van der Waals surface area (Å²) in [5, 5.41) is 9.02. The van der Waals surface area contributed by atoms with Crippen LogP contribution in [-0.2, 0) is 12.4 Å². The Kier molecular flexibility index (Phi) is 5.57. The van der Waals surface area contributed by atoms with Gasteiger partial charge in [-0.1, -0.05) is 45.0 Å². The highest BCUT2D eigenvalue weighted by Gasteiger charge is 2.18. The third-order valence-electron chi connectivity index (χ3n) is 3.28. The Morgan fingerprint density at radius 1 is 1.13 bits per heavy atom. The number of alkyl halides is 1. The Bertz CT molecular complexity index is 683. The van der Waals surface area contributed by atoms with Crippen molar-refractivity contribution in [2.75, 3.05) is 11.4 Å². The number of hydrogen-bond donors (Lipinski definition) is 0. The van der Waals surface area contributed by atoms with Gasteiger partial charge in [-0.25, -0.2) is 9.97 Å². The first-order chi connectivity index (χ1) is 10.9. The van der Waals surface area contributed by atoms with Gasteiger partial charge in [0.05, 0.1) is 0 Å². The number of benzene rings is 1. The molecule has 1 heterocycles. The molecule has 0 atom stereocenters. The summed E-state index contributed by atoms with van der Waals surface area (Å²) in [6, 6.07) is 12.1. The lowest BCUT2D eigenvalue weighted by atomic mass is 9.95. The summed E-state index contributed by atoms with van der Waals surface area (Å²) >= 11 is 5.84. The van der Waals surface area contributed by atoms with Crippen LogP contribution >= 0.6 is 11.6 Å². The monoisotopic (exact) mass is 328 g/mol. The van der Waals surface area contributed by atoms with E-state index >= 15 is 0 Å². The number of aromatic nitrogens is 2. The maximum absolute atomic E-state index is 9.02. The Morgan fingerprint density at radius 3 is 2.35 bits per heavy atom. The average molecular weight is 329 g/mol. The molecule has 2 rings (SSSR count). The van der Waals surface area contributed by atoms with Gasteiger partial charge >= 0.3 is 0 Å². The van der Waals surface area contributed by atoms with Crippen molar-refractivity contribution in [1.29, 1.82) is 5.26 Å². The fraction of sp³-hybridized carbons (Fsp3) is 0.389. The maximum atomic E-state index is 9.02. The van der Waals surface area contributed by atoms with Gasteiger partial charge < -0.3 is 4.90 Å². The Hall–Kier alpha value is -2.12. The van der Waals surface area contributed by atoms with Gasteiger partial charge in [0.2, 0.25) is 5.82 Å². The van der Waals surface area contributed by atoms with Crippen molar-refractivity contribution in [3.8, 4) is 6.07 Å². The molecule has 23 heavy (non-hydrogen) atoms. The minimum absolute atomic E-state index is 0.105. The molecule has 0 bridgehead atoms. The van der Waals surface area contributed by atoms with Crippen molar-refractivity contribution in [3.05, 3.63) is 53.5 Å². The van der Waals surface area contributed by atoms with Crippen molar-refractivity contribution < 1.29 is 0 Å². The van der Waals surface area contributed by atoms with Crippen LogP contribution in [0, 0.1) is 16.7 Å². The first kappa shape index (κ1) is 17.2. The van der Waals surface area contributed by atoms with Crippen molar-refractivity contribution in [2.45, 2.75) is 33.2 Å². The molecule has 0 aliphatic heterocycles. The summed E-state index contributed by atoms with van der Waals surface area (Å²) in [6.07, 6.45) is 1.63. The largest absolute Gasteiger partial charge is 0.352 e. The molecular weight excluding hydrogens is 308 g/mol. The third-order valence-corrected chi connectivity index (χ3v) is 3.59. The lowest BCUT2D eigenvalue weighted by Crippen LogP contribution is -2.33. The van der Waals surface area contributed by atoms with Crippen LogP contribution in [0.3, 0.4) is 0 Å². The van der Waals surface area contributed by atoms with Crippen LogP contribution < -0.4 is 4.90 Å². The zero-order valence-electron chi connectivity index (χ0n) is 13.8. The van der Waals surface area contributed by atoms with Crippen LogP contribution in [0.2, 0.25) is 0 Å². The molecule has 0 saturated carbocycles. The van der Waals surface area contributed by atoms with E-state index in [9.17, 15) is 0 Å². The Balaban J connectivity index is 2.27. The molecule has 1 aromatic carbocycles. The second kappa shape index (κ2) is 7.43. The van der Waals surface area contributed by atoms with Crippen molar-refractivity contribution >= 4 is 17.4 Å². The van der Waals surface area contributed by atoms with E-state index in [1.165, 1.54) is 5.56 Å². The van der Waals surface area contributed by atoms with E-state index in [2.05, 4.69) is 47.8 Å². The van der Waals surface area contributed by atoms with Crippen molar-refractivity contribution in [2.24, 2.45) is 5.41 Å². The summed E-state index contributed by atoms with van der Waals surface area (Å²) in [5.41, 5.74) is 2.39. The minimum atomic E-state index is 0.105.